The minimum Gasteiger partial charge on any atom is -0.452 e. The van der Waals surface area contributed by atoms with Gasteiger partial charge in [-0.05, 0) is 36.8 Å². The molecule has 0 spiro atoms. The first-order chi connectivity index (χ1) is 10.5. The predicted molar refractivity (Wildman–Crippen MR) is 84.8 cm³/mol. The van der Waals surface area contributed by atoms with E-state index in [2.05, 4.69) is 5.32 Å². The highest BCUT2D eigenvalue weighted by Gasteiger charge is 2.10. The third kappa shape index (κ3) is 4.90. The summed E-state index contributed by atoms with van der Waals surface area (Å²) in [7, 11) is 0. The average molecular weight is 318 g/mol. The normalized spacial score (nSPS) is 10.1. The summed E-state index contributed by atoms with van der Waals surface area (Å²) in [5.41, 5.74) is 2.27. The fraction of sp³-hybridized carbons (Fsp3) is 0.176. The molecule has 114 valence electrons. The van der Waals surface area contributed by atoms with E-state index in [0.29, 0.717) is 17.1 Å². The first-order valence-electron chi connectivity index (χ1n) is 6.79. The lowest BCUT2D eigenvalue weighted by molar-refractivity contribution is -0.124. The highest BCUT2D eigenvalue weighted by molar-refractivity contribution is 6.30. The van der Waals surface area contributed by atoms with Crippen LogP contribution in [-0.2, 0) is 16.1 Å². The van der Waals surface area contributed by atoms with E-state index in [1.165, 1.54) is 0 Å². The fourth-order valence-corrected chi connectivity index (χ4v) is 2.10. The second kappa shape index (κ2) is 7.61. The van der Waals surface area contributed by atoms with Crippen molar-refractivity contribution in [2.75, 3.05) is 6.61 Å². The van der Waals surface area contributed by atoms with Crippen LogP contribution < -0.4 is 5.32 Å². The minimum atomic E-state index is -0.512. The molecule has 0 aliphatic rings. The molecule has 0 atom stereocenters. The van der Waals surface area contributed by atoms with Crippen molar-refractivity contribution in [1.82, 2.24) is 5.32 Å². The van der Waals surface area contributed by atoms with Crippen LogP contribution in [-0.4, -0.2) is 18.5 Å². The molecule has 2 aromatic carbocycles. The van der Waals surface area contributed by atoms with Gasteiger partial charge in [0.05, 0.1) is 5.56 Å². The number of hydrogen-bond donors (Lipinski definition) is 1. The van der Waals surface area contributed by atoms with Gasteiger partial charge in [0.1, 0.15) is 0 Å². The van der Waals surface area contributed by atoms with Gasteiger partial charge < -0.3 is 10.1 Å². The molecule has 0 heterocycles. The van der Waals surface area contributed by atoms with Crippen LogP contribution >= 0.6 is 11.6 Å². The zero-order chi connectivity index (χ0) is 15.9. The van der Waals surface area contributed by atoms with Crippen LogP contribution in [0.1, 0.15) is 21.5 Å². The molecule has 0 aliphatic carbocycles. The van der Waals surface area contributed by atoms with Crippen molar-refractivity contribution >= 4 is 23.5 Å². The number of hydrogen-bond acceptors (Lipinski definition) is 3. The number of carbonyl (C=O) groups excluding carboxylic acids is 2. The second-order valence-corrected chi connectivity index (χ2v) is 5.29. The zero-order valence-electron chi connectivity index (χ0n) is 12.1. The van der Waals surface area contributed by atoms with Crippen molar-refractivity contribution in [2.45, 2.75) is 13.5 Å². The monoisotopic (exact) mass is 317 g/mol. The maximum Gasteiger partial charge on any atom is 0.338 e. The number of ether oxygens (including phenoxy) is 1. The fourth-order valence-electron chi connectivity index (χ4n) is 1.89. The van der Waals surface area contributed by atoms with Gasteiger partial charge in [-0.3, -0.25) is 4.79 Å². The van der Waals surface area contributed by atoms with Crippen molar-refractivity contribution in [3.63, 3.8) is 0 Å². The topological polar surface area (TPSA) is 55.4 Å². The third-order valence-corrected chi connectivity index (χ3v) is 3.20. The highest BCUT2D eigenvalue weighted by atomic mass is 35.5. The molecule has 0 unspecified atom stereocenters. The van der Waals surface area contributed by atoms with Crippen LogP contribution in [0.15, 0.2) is 48.5 Å². The largest absolute Gasteiger partial charge is 0.452 e. The van der Waals surface area contributed by atoms with Crippen molar-refractivity contribution in [3.8, 4) is 0 Å². The average Bonchev–Trinajstić information content (AvgIpc) is 2.50. The summed E-state index contributed by atoms with van der Waals surface area (Å²) in [6, 6.07) is 14.2. The van der Waals surface area contributed by atoms with Crippen LogP contribution in [0.5, 0.6) is 0 Å². The molecular formula is C17H16ClNO3. The number of amides is 1. The lowest BCUT2D eigenvalue weighted by Crippen LogP contribution is -2.28. The van der Waals surface area contributed by atoms with E-state index in [1.54, 1.807) is 30.3 Å². The Balaban J connectivity index is 1.79. The van der Waals surface area contributed by atoms with Crippen molar-refractivity contribution < 1.29 is 14.3 Å². The molecule has 4 nitrogen and oxygen atoms in total. The van der Waals surface area contributed by atoms with Crippen LogP contribution in [0.2, 0.25) is 5.02 Å². The summed E-state index contributed by atoms with van der Waals surface area (Å²) < 4.78 is 4.98. The maximum atomic E-state index is 11.8. The molecule has 0 aromatic heterocycles. The van der Waals surface area contributed by atoms with E-state index in [0.717, 1.165) is 11.1 Å². The molecule has 2 aromatic rings. The number of aryl methyl sites for hydroxylation is 1. The Morgan fingerprint density at radius 1 is 1.14 bits per heavy atom. The number of halogens is 1. The first kappa shape index (κ1) is 16.0. The Bertz CT molecular complexity index is 685. The van der Waals surface area contributed by atoms with Crippen LogP contribution in [0, 0.1) is 6.92 Å². The minimum absolute atomic E-state index is 0.312. The van der Waals surface area contributed by atoms with Crippen molar-refractivity contribution in [3.05, 3.63) is 70.2 Å². The highest BCUT2D eigenvalue weighted by Crippen LogP contribution is 2.10. The molecule has 22 heavy (non-hydrogen) atoms. The third-order valence-electron chi connectivity index (χ3n) is 2.97. The summed E-state index contributed by atoms with van der Waals surface area (Å²) in [6.45, 7) is 1.91. The van der Waals surface area contributed by atoms with Crippen LogP contribution in [0.4, 0.5) is 0 Å². The Kier molecular flexibility index (Phi) is 5.55. The first-order valence-corrected chi connectivity index (χ1v) is 7.17. The Labute approximate surface area is 134 Å². The molecule has 2 rings (SSSR count). The van der Waals surface area contributed by atoms with Gasteiger partial charge in [0, 0.05) is 11.6 Å². The maximum absolute atomic E-state index is 11.8. The van der Waals surface area contributed by atoms with Crippen molar-refractivity contribution in [1.29, 1.82) is 0 Å². The number of rotatable bonds is 5. The molecule has 0 saturated carbocycles. The number of carbonyl (C=O) groups is 2. The summed E-state index contributed by atoms with van der Waals surface area (Å²) in [5.74, 6) is -0.873. The zero-order valence-corrected chi connectivity index (χ0v) is 12.9. The smallest absolute Gasteiger partial charge is 0.338 e. The van der Waals surface area contributed by atoms with Gasteiger partial charge in [-0.25, -0.2) is 4.79 Å². The summed E-state index contributed by atoms with van der Waals surface area (Å²) in [4.78, 5) is 23.5. The molecule has 5 heteroatoms. The van der Waals surface area contributed by atoms with Gasteiger partial charge in [-0.1, -0.05) is 41.4 Å². The molecule has 1 N–H and O–H groups in total. The van der Waals surface area contributed by atoms with E-state index in [-0.39, 0.29) is 12.5 Å². The Morgan fingerprint density at radius 2 is 1.91 bits per heavy atom. The van der Waals surface area contributed by atoms with E-state index >= 15 is 0 Å². The lowest BCUT2D eigenvalue weighted by atomic mass is 10.1. The van der Waals surface area contributed by atoms with Gasteiger partial charge in [0.2, 0.25) is 0 Å². The van der Waals surface area contributed by atoms with Gasteiger partial charge in [-0.15, -0.1) is 0 Å². The van der Waals surface area contributed by atoms with Gasteiger partial charge in [-0.2, -0.15) is 0 Å². The van der Waals surface area contributed by atoms with Gasteiger partial charge in [0.25, 0.3) is 5.91 Å². The van der Waals surface area contributed by atoms with E-state index < -0.39 is 5.97 Å². The predicted octanol–water partition coefficient (Wildman–Crippen LogP) is 3.12. The summed E-state index contributed by atoms with van der Waals surface area (Å²) in [5, 5.41) is 3.28. The molecule has 0 radical (unpaired) electrons. The lowest BCUT2D eigenvalue weighted by Gasteiger charge is -2.07. The summed E-state index contributed by atoms with van der Waals surface area (Å²) in [6.07, 6.45) is 0. The summed E-state index contributed by atoms with van der Waals surface area (Å²) >= 11 is 5.86. The molecular weight excluding hydrogens is 302 g/mol. The quantitative estimate of drug-likeness (QED) is 0.862. The van der Waals surface area contributed by atoms with Gasteiger partial charge >= 0.3 is 5.97 Å². The molecule has 0 bridgehead atoms. The van der Waals surface area contributed by atoms with E-state index in [9.17, 15) is 9.59 Å². The molecule has 1 amide bonds. The number of esters is 1. The van der Waals surface area contributed by atoms with Crippen LogP contribution in [0.25, 0.3) is 0 Å². The van der Waals surface area contributed by atoms with E-state index in [1.807, 2.05) is 25.1 Å². The standard InChI is InChI=1S/C17H16ClNO3/c1-12-4-2-6-14(8-12)17(21)22-11-16(20)19-10-13-5-3-7-15(18)9-13/h2-9H,10-11H2,1H3,(H,19,20). The van der Waals surface area contributed by atoms with E-state index in [4.69, 9.17) is 16.3 Å². The Morgan fingerprint density at radius 3 is 2.64 bits per heavy atom. The second-order valence-electron chi connectivity index (χ2n) is 4.85. The number of nitrogens with one attached hydrogen (secondary N) is 1. The SMILES string of the molecule is Cc1cccc(C(=O)OCC(=O)NCc2cccc(Cl)c2)c1. The van der Waals surface area contributed by atoms with Gasteiger partial charge in [0.15, 0.2) is 6.61 Å². The van der Waals surface area contributed by atoms with Crippen molar-refractivity contribution in [2.24, 2.45) is 0 Å². The molecule has 0 saturated heterocycles. The van der Waals surface area contributed by atoms with Crippen LogP contribution in [0.3, 0.4) is 0 Å². The molecule has 0 aliphatic heterocycles. The molecule has 0 fully saturated rings. The Hall–Kier alpha value is -2.33. The number of benzene rings is 2.